The molecule has 6 aromatic rings. The molecular formula is C50H48F8N2O4S. The maximum atomic E-state index is 16.2. The second kappa shape index (κ2) is 17.2. The zero-order chi connectivity index (χ0) is 46.8. The minimum absolute atomic E-state index is 0.00279. The Morgan fingerprint density at radius 3 is 1.22 bits per heavy atom. The first-order valence-corrected chi connectivity index (χ1v) is 23.2. The van der Waals surface area contributed by atoms with E-state index in [2.05, 4.69) is 0 Å². The van der Waals surface area contributed by atoms with E-state index in [-0.39, 0.29) is 58.7 Å². The van der Waals surface area contributed by atoms with E-state index in [4.69, 9.17) is 0 Å². The summed E-state index contributed by atoms with van der Waals surface area (Å²) >= 11 is 0.497. The van der Waals surface area contributed by atoms with Gasteiger partial charge in [0.2, 0.25) is 0 Å². The van der Waals surface area contributed by atoms with Crippen LogP contribution in [0.25, 0.3) is 43.1 Å². The minimum atomic E-state index is -4.62. The normalized spacial score (nSPS) is 16.0. The summed E-state index contributed by atoms with van der Waals surface area (Å²) in [6.45, 7) is 2.92. The monoisotopic (exact) mass is 924 g/mol. The summed E-state index contributed by atoms with van der Waals surface area (Å²) in [5, 5.41) is 4.72. The third-order valence-electron chi connectivity index (χ3n) is 13.6. The van der Waals surface area contributed by atoms with Crippen LogP contribution in [0.4, 0.5) is 35.1 Å². The van der Waals surface area contributed by atoms with Gasteiger partial charge in [-0.1, -0.05) is 102 Å². The Labute approximate surface area is 374 Å². The number of halogens is 8. The Hall–Kier alpha value is -5.18. The van der Waals surface area contributed by atoms with Crippen molar-refractivity contribution in [1.29, 1.82) is 0 Å². The highest BCUT2D eigenvalue weighted by atomic mass is 32.1. The van der Waals surface area contributed by atoms with E-state index in [1.165, 1.54) is 35.7 Å². The summed E-state index contributed by atoms with van der Waals surface area (Å²) in [6, 6.07) is 14.3. The van der Waals surface area contributed by atoms with Crippen LogP contribution in [-0.2, 0) is 5.92 Å². The van der Waals surface area contributed by atoms with Crippen LogP contribution in [0.15, 0.2) is 66.0 Å². The first-order valence-electron chi connectivity index (χ1n) is 22.3. The van der Waals surface area contributed by atoms with Crippen molar-refractivity contribution < 1.29 is 54.3 Å². The quantitative estimate of drug-likeness (QED) is 0.0251. The standard InChI is InChI=1S/C50H48F8N2O4S/c1-4-7-9-11-14-28(48(53,54)47(51,52)6-3)26-59-43(61)34-21-17-30-32-19-23-36-42-37(24-20-33(40(32)42)31-18-22-35(44(59)62)41(34)39(30)31)46(64)60(45(36)63)27-29(15-12-10-8-5-2)49(55,56)50(57,58)38-16-13-25-65-38/h13,16-25,28-29H,4-12,14-15,26-27H2,1-3H3. The lowest BCUT2D eigenvalue weighted by atomic mass is 9.81. The predicted octanol–water partition coefficient (Wildman–Crippen LogP) is 14.3. The lowest BCUT2D eigenvalue weighted by molar-refractivity contribution is -0.244. The summed E-state index contributed by atoms with van der Waals surface area (Å²) in [7, 11) is 0. The molecule has 0 saturated heterocycles. The Bertz CT molecular complexity index is 2710. The molecule has 0 aliphatic carbocycles. The summed E-state index contributed by atoms with van der Waals surface area (Å²) in [6.07, 6.45) is 2.53. The number of fused-ring (bicyclic) bond motifs is 2. The van der Waals surface area contributed by atoms with Crippen molar-refractivity contribution in [1.82, 2.24) is 9.80 Å². The lowest BCUT2D eigenvalue weighted by Crippen LogP contribution is -2.52. The number of thiophene rings is 1. The summed E-state index contributed by atoms with van der Waals surface area (Å²) in [4.78, 5) is 57.6. The van der Waals surface area contributed by atoms with Crippen LogP contribution in [0.1, 0.15) is 138 Å². The van der Waals surface area contributed by atoms with Crippen LogP contribution in [-0.4, -0.2) is 64.3 Å². The molecule has 2 aliphatic heterocycles. The number of rotatable bonds is 20. The van der Waals surface area contributed by atoms with E-state index in [1.54, 1.807) is 24.3 Å². The number of carbonyl (C=O) groups excluding carboxylic acids is 4. The third-order valence-corrected chi connectivity index (χ3v) is 14.6. The molecule has 3 heterocycles. The fourth-order valence-electron chi connectivity index (χ4n) is 9.96. The summed E-state index contributed by atoms with van der Waals surface area (Å²) in [5.74, 6) is -25.8. The third kappa shape index (κ3) is 7.34. The van der Waals surface area contributed by atoms with Gasteiger partial charge in [0, 0.05) is 64.4 Å². The molecule has 0 bridgehead atoms. The highest BCUT2D eigenvalue weighted by Crippen LogP contribution is 2.52. The molecule has 2 unspecified atom stereocenters. The van der Waals surface area contributed by atoms with Crippen LogP contribution in [0, 0.1) is 11.8 Å². The zero-order valence-electron chi connectivity index (χ0n) is 36.2. The average Bonchev–Trinajstić information content (AvgIpc) is 3.84. The summed E-state index contributed by atoms with van der Waals surface area (Å²) < 4.78 is 125. The van der Waals surface area contributed by atoms with Gasteiger partial charge in [0.1, 0.15) is 0 Å². The second-order valence-electron chi connectivity index (χ2n) is 17.5. The molecule has 1 aromatic heterocycles. The number of benzene rings is 5. The van der Waals surface area contributed by atoms with Crippen molar-refractivity contribution in [2.45, 2.75) is 115 Å². The van der Waals surface area contributed by atoms with Gasteiger partial charge in [-0.05, 0) is 80.9 Å². The molecule has 15 heteroatoms. The van der Waals surface area contributed by atoms with Gasteiger partial charge in [-0.3, -0.25) is 29.0 Å². The number of hydrogen-bond acceptors (Lipinski definition) is 5. The van der Waals surface area contributed by atoms with E-state index in [0.29, 0.717) is 79.1 Å². The number of alkyl halides is 8. The topological polar surface area (TPSA) is 74.8 Å². The SMILES string of the molecule is CCCCCCC(CN1C(=O)c2ccc3c4ccc5c6c(ccc(c7ccc(c2c37)C1=O)c64)C(=O)N(CC(CCCCCC)C(F)(F)C(F)(F)c1cccs1)C5=O)C(F)(F)C(F)(F)CC. The lowest BCUT2D eigenvalue weighted by Gasteiger charge is -2.37. The fraction of sp³-hybridized carbons (Fsp3) is 0.440. The van der Waals surface area contributed by atoms with Gasteiger partial charge in [-0.25, -0.2) is 0 Å². The smallest absolute Gasteiger partial charge is 0.274 e. The van der Waals surface area contributed by atoms with Crippen LogP contribution in [0.3, 0.4) is 0 Å². The van der Waals surface area contributed by atoms with Crippen molar-refractivity contribution in [3.63, 3.8) is 0 Å². The summed E-state index contributed by atoms with van der Waals surface area (Å²) in [5.41, 5.74) is 0.0264. The molecule has 0 N–H and O–H groups in total. The molecule has 65 heavy (non-hydrogen) atoms. The van der Waals surface area contributed by atoms with Gasteiger partial charge in [0.15, 0.2) is 0 Å². The van der Waals surface area contributed by atoms with Gasteiger partial charge in [0.05, 0.1) is 4.88 Å². The van der Waals surface area contributed by atoms with E-state index in [9.17, 15) is 28.0 Å². The first kappa shape index (κ1) is 46.4. The molecule has 0 saturated carbocycles. The predicted molar refractivity (Wildman–Crippen MR) is 236 cm³/mol. The van der Waals surface area contributed by atoms with Crippen LogP contribution >= 0.6 is 11.3 Å². The average molecular weight is 925 g/mol. The molecule has 0 radical (unpaired) electrons. The maximum absolute atomic E-state index is 16.2. The van der Waals surface area contributed by atoms with Crippen molar-refractivity contribution in [3.05, 3.63) is 93.2 Å². The van der Waals surface area contributed by atoms with Crippen molar-refractivity contribution >= 4 is 78.1 Å². The second-order valence-corrected chi connectivity index (χ2v) is 18.5. The van der Waals surface area contributed by atoms with E-state index >= 15 is 26.3 Å². The van der Waals surface area contributed by atoms with Crippen molar-refractivity contribution in [2.24, 2.45) is 11.8 Å². The fourth-order valence-corrected chi connectivity index (χ4v) is 10.7. The van der Waals surface area contributed by atoms with Gasteiger partial charge < -0.3 is 0 Å². The Balaban J connectivity index is 1.18. The maximum Gasteiger partial charge on any atom is 0.344 e. The van der Waals surface area contributed by atoms with Crippen LogP contribution in [0.5, 0.6) is 0 Å². The molecule has 5 aromatic carbocycles. The molecule has 2 aliphatic rings. The van der Waals surface area contributed by atoms with Gasteiger partial charge in [0.25, 0.3) is 23.6 Å². The van der Waals surface area contributed by atoms with Gasteiger partial charge in [-0.2, -0.15) is 35.1 Å². The number of nitrogens with zero attached hydrogens (tertiary/aromatic N) is 2. The van der Waals surface area contributed by atoms with Gasteiger partial charge in [-0.15, -0.1) is 11.3 Å². The molecule has 0 fully saturated rings. The molecule has 6 nitrogen and oxygen atoms in total. The van der Waals surface area contributed by atoms with Crippen LogP contribution < -0.4 is 0 Å². The molecule has 0 spiro atoms. The van der Waals surface area contributed by atoms with E-state index < -0.39 is 83.5 Å². The Kier molecular flexibility index (Phi) is 12.3. The molecule has 8 rings (SSSR count). The molecule has 2 atom stereocenters. The Morgan fingerprint density at radius 2 is 0.877 bits per heavy atom. The minimum Gasteiger partial charge on any atom is -0.274 e. The largest absolute Gasteiger partial charge is 0.344 e. The highest BCUT2D eigenvalue weighted by Gasteiger charge is 2.63. The van der Waals surface area contributed by atoms with Crippen molar-refractivity contribution in [2.75, 3.05) is 13.1 Å². The number of hydrogen-bond donors (Lipinski definition) is 0. The molecule has 344 valence electrons. The van der Waals surface area contributed by atoms with Crippen LogP contribution in [0.2, 0.25) is 0 Å². The van der Waals surface area contributed by atoms with E-state index in [0.717, 1.165) is 25.8 Å². The van der Waals surface area contributed by atoms with Gasteiger partial charge >= 0.3 is 23.7 Å². The highest BCUT2D eigenvalue weighted by molar-refractivity contribution is 7.10. The zero-order valence-corrected chi connectivity index (χ0v) is 37.0. The first-order chi connectivity index (χ1) is 30.8. The molecular weight excluding hydrogens is 877 g/mol. The molecule has 4 amide bonds. The number of unbranched alkanes of at least 4 members (excludes halogenated alkanes) is 6. The van der Waals surface area contributed by atoms with Crippen molar-refractivity contribution in [3.8, 4) is 0 Å². The number of carbonyl (C=O) groups is 4. The Morgan fingerprint density at radius 1 is 0.492 bits per heavy atom. The van der Waals surface area contributed by atoms with E-state index in [1.807, 2.05) is 13.8 Å². The number of amides is 4. The number of imide groups is 2.